The van der Waals surface area contributed by atoms with Crippen molar-refractivity contribution in [2.45, 2.75) is 6.43 Å². The Labute approximate surface area is 166 Å². The van der Waals surface area contributed by atoms with Crippen molar-refractivity contribution in [2.75, 3.05) is 11.1 Å². The number of carboxylic acids is 1. The molecule has 0 aliphatic rings. The van der Waals surface area contributed by atoms with Crippen molar-refractivity contribution >= 4 is 29.0 Å². The quantitative estimate of drug-likeness (QED) is 0.456. The normalized spacial score (nSPS) is 11.2. The molecular formula is C18H13F2N7O3. The molecule has 0 atom stereocenters. The minimum atomic E-state index is -2.96. The molecule has 152 valence electrons. The maximum Gasteiger partial charge on any atom is 0.335 e. The van der Waals surface area contributed by atoms with Crippen molar-refractivity contribution < 1.29 is 23.5 Å². The summed E-state index contributed by atoms with van der Waals surface area (Å²) in [5, 5.41) is 19.1. The van der Waals surface area contributed by atoms with Crippen LogP contribution in [0.25, 0.3) is 11.3 Å². The van der Waals surface area contributed by atoms with Crippen LogP contribution in [-0.4, -0.2) is 41.4 Å². The Morgan fingerprint density at radius 3 is 2.57 bits per heavy atom. The van der Waals surface area contributed by atoms with E-state index in [2.05, 4.69) is 20.5 Å². The van der Waals surface area contributed by atoms with E-state index in [9.17, 15) is 18.4 Å². The van der Waals surface area contributed by atoms with Gasteiger partial charge in [-0.2, -0.15) is 10.2 Å². The molecule has 1 amide bonds. The molecule has 0 radical (unpaired) electrons. The minimum absolute atomic E-state index is 0.0355. The van der Waals surface area contributed by atoms with Crippen molar-refractivity contribution in [1.29, 1.82) is 0 Å². The number of benzene rings is 1. The van der Waals surface area contributed by atoms with Crippen molar-refractivity contribution in [3.05, 3.63) is 65.7 Å². The maximum atomic E-state index is 13.5. The highest BCUT2D eigenvalue weighted by molar-refractivity contribution is 6.08. The zero-order valence-corrected chi connectivity index (χ0v) is 15.0. The number of hydrogen-bond acceptors (Lipinski definition) is 6. The number of aromatic nitrogens is 5. The number of halogens is 2. The van der Waals surface area contributed by atoms with Gasteiger partial charge >= 0.3 is 5.97 Å². The first kappa shape index (κ1) is 19.0. The highest BCUT2D eigenvalue weighted by atomic mass is 19.3. The van der Waals surface area contributed by atoms with Crippen LogP contribution in [0.15, 0.2) is 48.9 Å². The second-order valence-corrected chi connectivity index (χ2v) is 6.16. The van der Waals surface area contributed by atoms with Crippen LogP contribution in [0.5, 0.6) is 0 Å². The van der Waals surface area contributed by atoms with Crippen LogP contribution in [0.2, 0.25) is 0 Å². The summed E-state index contributed by atoms with van der Waals surface area (Å²) in [6, 6.07) is 6.95. The number of nitrogens with two attached hydrogens (primary N) is 1. The summed E-state index contributed by atoms with van der Waals surface area (Å²) in [7, 11) is 0. The number of anilines is 2. The van der Waals surface area contributed by atoms with Gasteiger partial charge in [0, 0.05) is 6.20 Å². The molecule has 1 aromatic carbocycles. The smallest absolute Gasteiger partial charge is 0.335 e. The van der Waals surface area contributed by atoms with Gasteiger partial charge in [0.1, 0.15) is 11.4 Å². The molecule has 0 aliphatic heterocycles. The first-order chi connectivity index (χ1) is 14.3. The SMILES string of the molecule is Nc1ccn2ncc(C(=O)Nc3cn(-c4ccc(C(=O)O)cc4)nc3C(F)F)c2n1. The fourth-order valence-corrected chi connectivity index (χ4v) is 2.77. The zero-order valence-electron chi connectivity index (χ0n) is 15.0. The number of aromatic carboxylic acids is 1. The highest BCUT2D eigenvalue weighted by Gasteiger charge is 2.23. The number of carbonyl (C=O) groups is 2. The monoisotopic (exact) mass is 413 g/mol. The predicted octanol–water partition coefficient (Wildman–Crippen LogP) is 2.39. The molecule has 0 spiro atoms. The number of rotatable bonds is 5. The highest BCUT2D eigenvalue weighted by Crippen LogP contribution is 2.27. The third-order valence-electron chi connectivity index (χ3n) is 4.21. The van der Waals surface area contributed by atoms with E-state index in [4.69, 9.17) is 10.8 Å². The lowest BCUT2D eigenvalue weighted by Crippen LogP contribution is -2.13. The molecule has 0 saturated heterocycles. The van der Waals surface area contributed by atoms with Gasteiger partial charge in [-0.3, -0.25) is 4.79 Å². The molecule has 0 unspecified atom stereocenters. The summed E-state index contributed by atoms with van der Waals surface area (Å²) < 4.78 is 29.4. The Morgan fingerprint density at radius 1 is 1.17 bits per heavy atom. The maximum absolute atomic E-state index is 13.5. The number of fused-ring (bicyclic) bond motifs is 1. The molecule has 10 nitrogen and oxygen atoms in total. The second kappa shape index (κ2) is 7.24. The number of nitrogens with one attached hydrogen (secondary N) is 1. The lowest BCUT2D eigenvalue weighted by molar-refractivity contribution is 0.0696. The molecule has 4 aromatic rings. The fraction of sp³-hybridized carbons (Fsp3) is 0.0556. The number of nitrogen functional groups attached to an aromatic ring is 1. The van der Waals surface area contributed by atoms with Gasteiger partial charge in [0.2, 0.25) is 0 Å². The zero-order chi connectivity index (χ0) is 21.4. The summed E-state index contributed by atoms with van der Waals surface area (Å²) in [6.45, 7) is 0. The Morgan fingerprint density at radius 2 is 1.90 bits per heavy atom. The average molecular weight is 413 g/mol. The third-order valence-corrected chi connectivity index (χ3v) is 4.21. The molecular weight excluding hydrogens is 400 g/mol. The van der Waals surface area contributed by atoms with Crippen LogP contribution in [0.3, 0.4) is 0 Å². The largest absolute Gasteiger partial charge is 0.478 e. The lowest BCUT2D eigenvalue weighted by atomic mass is 10.2. The number of hydrogen-bond donors (Lipinski definition) is 3. The predicted molar refractivity (Wildman–Crippen MR) is 101 cm³/mol. The fourth-order valence-electron chi connectivity index (χ4n) is 2.77. The second-order valence-electron chi connectivity index (χ2n) is 6.16. The van der Waals surface area contributed by atoms with Gasteiger partial charge in [-0.25, -0.2) is 27.8 Å². The molecule has 12 heteroatoms. The number of carboxylic acid groups (broad SMARTS) is 1. The Balaban J connectivity index is 1.67. The molecule has 3 aromatic heterocycles. The first-order valence-electron chi connectivity index (χ1n) is 8.46. The molecule has 3 heterocycles. The van der Waals surface area contributed by atoms with Crippen molar-refractivity contribution in [3.8, 4) is 5.69 Å². The first-order valence-corrected chi connectivity index (χ1v) is 8.46. The van der Waals surface area contributed by atoms with Gasteiger partial charge in [-0.05, 0) is 30.3 Å². The summed E-state index contributed by atoms with van der Waals surface area (Å²) >= 11 is 0. The number of amides is 1. The van der Waals surface area contributed by atoms with E-state index < -0.39 is 24.0 Å². The average Bonchev–Trinajstić information content (AvgIpc) is 3.32. The molecule has 0 bridgehead atoms. The summed E-state index contributed by atoms with van der Waals surface area (Å²) in [4.78, 5) is 27.6. The van der Waals surface area contributed by atoms with Crippen LogP contribution in [0.4, 0.5) is 20.3 Å². The van der Waals surface area contributed by atoms with Crippen molar-refractivity contribution in [2.24, 2.45) is 0 Å². The topological polar surface area (TPSA) is 140 Å². The molecule has 4 N–H and O–H groups in total. The van der Waals surface area contributed by atoms with E-state index in [1.165, 1.54) is 53.4 Å². The summed E-state index contributed by atoms with van der Waals surface area (Å²) in [6.07, 6.45) is 1.01. The summed E-state index contributed by atoms with van der Waals surface area (Å²) in [5.74, 6) is -1.67. The van der Waals surface area contributed by atoms with Crippen LogP contribution < -0.4 is 11.1 Å². The van der Waals surface area contributed by atoms with E-state index in [1.807, 2.05) is 0 Å². The molecule has 4 rings (SSSR count). The molecule has 0 saturated carbocycles. The van der Waals surface area contributed by atoms with Crippen LogP contribution in [-0.2, 0) is 0 Å². The van der Waals surface area contributed by atoms with Crippen LogP contribution in [0.1, 0.15) is 32.8 Å². The van der Waals surface area contributed by atoms with Crippen molar-refractivity contribution in [1.82, 2.24) is 24.4 Å². The summed E-state index contributed by atoms with van der Waals surface area (Å²) in [5.41, 5.74) is 5.37. The Kier molecular flexibility index (Phi) is 4.58. The van der Waals surface area contributed by atoms with Gasteiger partial charge in [-0.1, -0.05) is 0 Å². The van der Waals surface area contributed by atoms with E-state index in [0.29, 0.717) is 5.69 Å². The van der Waals surface area contributed by atoms with Crippen LogP contribution in [0, 0.1) is 0 Å². The van der Waals surface area contributed by atoms with Gasteiger partial charge in [0.25, 0.3) is 12.3 Å². The minimum Gasteiger partial charge on any atom is -0.478 e. The van der Waals surface area contributed by atoms with Gasteiger partial charge in [0.05, 0.1) is 29.3 Å². The van der Waals surface area contributed by atoms with Crippen LogP contribution >= 0.6 is 0 Å². The molecule has 0 aliphatic carbocycles. The lowest BCUT2D eigenvalue weighted by Gasteiger charge is -2.03. The van der Waals surface area contributed by atoms with E-state index in [1.54, 1.807) is 0 Å². The molecule has 0 fully saturated rings. The standard InChI is InChI=1S/C18H13F2N7O3/c19-15(20)14-12(8-27(25-14)10-3-1-9(2-4-10)18(29)30)23-17(28)11-7-22-26-6-5-13(21)24-16(11)26/h1-8,15H,(H2,21,24)(H,23,28)(H,29,30). The van der Waals surface area contributed by atoms with Gasteiger partial charge in [-0.15, -0.1) is 0 Å². The number of alkyl halides is 2. The van der Waals surface area contributed by atoms with E-state index in [0.717, 1.165) is 4.68 Å². The Hall–Kier alpha value is -4.35. The van der Waals surface area contributed by atoms with E-state index >= 15 is 0 Å². The van der Waals surface area contributed by atoms with E-state index in [-0.39, 0.29) is 28.3 Å². The Bertz CT molecular complexity index is 1260. The third kappa shape index (κ3) is 3.41. The van der Waals surface area contributed by atoms with Gasteiger partial charge < -0.3 is 16.2 Å². The number of carbonyl (C=O) groups excluding carboxylic acids is 1. The molecule has 30 heavy (non-hydrogen) atoms. The number of nitrogens with zero attached hydrogens (tertiary/aromatic N) is 5. The van der Waals surface area contributed by atoms with Crippen molar-refractivity contribution in [3.63, 3.8) is 0 Å². The van der Waals surface area contributed by atoms with Gasteiger partial charge in [0.15, 0.2) is 11.3 Å².